The first kappa shape index (κ1) is 20.0. The van der Waals surface area contributed by atoms with E-state index < -0.39 is 10.0 Å². The van der Waals surface area contributed by atoms with E-state index in [-0.39, 0.29) is 16.8 Å². The molecule has 1 atom stereocenters. The largest absolute Gasteiger partial charge is 0.352 e. The van der Waals surface area contributed by atoms with Crippen molar-refractivity contribution in [2.75, 3.05) is 25.0 Å². The standard InChI is InChI=1S/C18H23FN6O2S/c1-21-18(23-11-13-4-2-5-15(10-13)28(20,26)27)24-14-7-9-25(12-14)17-16(19)6-3-8-22-17/h2-6,8,10,14H,7,9,11-12H2,1H3,(H2,20,26,27)(H2,21,23,24). The van der Waals surface area contributed by atoms with Crippen LogP contribution in [0, 0.1) is 5.82 Å². The average molecular weight is 406 g/mol. The van der Waals surface area contributed by atoms with Crippen LogP contribution in [0.3, 0.4) is 0 Å². The Morgan fingerprint density at radius 2 is 2.21 bits per heavy atom. The molecule has 0 saturated carbocycles. The summed E-state index contributed by atoms with van der Waals surface area (Å²) in [6.45, 7) is 1.68. The molecule has 8 nitrogen and oxygen atoms in total. The molecule has 1 aliphatic heterocycles. The molecular weight excluding hydrogens is 383 g/mol. The number of nitrogens with one attached hydrogen (secondary N) is 2. The fourth-order valence-corrected chi connectivity index (χ4v) is 3.67. The van der Waals surface area contributed by atoms with Gasteiger partial charge in [0.1, 0.15) is 0 Å². The van der Waals surface area contributed by atoms with Crippen molar-refractivity contribution in [3.8, 4) is 0 Å². The maximum Gasteiger partial charge on any atom is 0.238 e. The summed E-state index contributed by atoms with van der Waals surface area (Å²) in [5.74, 6) is 0.601. The van der Waals surface area contributed by atoms with Crippen molar-refractivity contribution < 1.29 is 12.8 Å². The molecule has 4 N–H and O–H groups in total. The van der Waals surface area contributed by atoms with E-state index in [1.54, 1.807) is 31.4 Å². The van der Waals surface area contributed by atoms with E-state index in [0.717, 1.165) is 12.0 Å². The van der Waals surface area contributed by atoms with Crippen LogP contribution < -0.4 is 20.7 Å². The molecule has 1 aromatic heterocycles. The summed E-state index contributed by atoms with van der Waals surface area (Å²) in [6, 6.07) is 9.48. The summed E-state index contributed by atoms with van der Waals surface area (Å²) in [7, 11) is -2.09. The van der Waals surface area contributed by atoms with Gasteiger partial charge in [0.05, 0.1) is 4.90 Å². The van der Waals surface area contributed by atoms with Crippen LogP contribution in [0.25, 0.3) is 0 Å². The van der Waals surface area contributed by atoms with Crippen LogP contribution in [-0.4, -0.2) is 45.5 Å². The number of halogens is 1. The minimum absolute atomic E-state index is 0.0681. The highest BCUT2D eigenvalue weighted by Crippen LogP contribution is 2.20. The van der Waals surface area contributed by atoms with Crippen molar-refractivity contribution in [2.24, 2.45) is 10.1 Å². The van der Waals surface area contributed by atoms with Gasteiger partial charge in [-0.15, -0.1) is 0 Å². The fraction of sp³-hybridized carbons (Fsp3) is 0.333. The van der Waals surface area contributed by atoms with Crippen LogP contribution >= 0.6 is 0 Å². The Bertz CT molecular complexity index is 966. The third-order valence-electron chi connectivity index (χ3n) is 4.48. The molecule has 0 bridgehead atoms. The van der Waals surface area contributed by atoms with Gasteiger partial charge in [0, 0.05) is 38.9 Å². The van der Waals surface area contributed by atoms with E-state index in [1.165, 1.54) is 18.2 Å². The first-order valence-electron chi connectivity index (χ1n) is 8.81. The third-order valence-corrected chi connectivity index (χ3v) is 5.39. The summed E-state index contributed by atoms with van der Waals surface area (Å²) >= 11 is 0. The molecule has 28 heavy (non-hydrogen) atoms. The number of nitrogens with two attached hydrogens (primary N) is 1. The average Bonchev–Trinajstić information content (AvgIpc) is 3.13. The smallest absolute Gasteiger partial charge is 0.238 e. The lowest BCUT2D eigenvalue weighted by atomic mass is 10.2. The van der Waals surface area contributed by atoms with Gasteiger partial charge in [0.25, 0.3) is 0 Å². The molecule has 1 aromatic carbocycles. The number of anilines is 1. The number of sulfonamides is 1. The number of nitrogens with zero attached hydrogens (tertiary/aromatic N) is 3. The van der Waals surface area contributed by atoms with E-state index >= 15 is 0 Å². The zero-order valence-corrected chi connectivity index (χ0v) is 16.3. The molecule has 1 fully saturated rings. The minimum Gasteiger partial charge on any atom is -0.352 e. The van der Waals surface area contributed by atoms with Crippen molar-refractivity contribution in [3.05, 3.63) is 54.0 Å². The Morgan fingerprint density at radius 1 is 1.39 bits per heavy atom. The number of pyridine rings is 1. The molecule has 0 radical (unpaired) electrons. The summed E-state index contributed by atoms with van der Waals surface area (Å²) < 4.78 is 36.8. The molecule has 1 aliphatic rings. The Labute approximate surface area is 163 Å². The highest BCUT2D eigenvalue weighted by molar-refractivity contribution is 7.89. The number of guanidine groups is 1. The monoisotopic (exact) mass is 406 g/mol. The van der Waals surface area contributed by atoms with Crippen LogP contribution in [0.5, 0.6) is 0 Å². The SMILES string of the molecule is CN=C(NCc1cccc(S(N)(=O)=O)c1)NC1CCN(c2ncccc2F)C1. The highest BCUT2D eigenvalue weighted by atomic mass is 32.2. The summed E-state index contributed by atoms with van der Waals surface area (Å²) in [4.78, 5) is 10.3. The molecule has 10 heteroatoms. The van der Waals surface area contributed by atoms with Gasteiger partial charge >= 0.3 is 0 Å². The third kappa shape index (κ3) is 4.96. The van der Waals surface area contributed by atoms with Gasteiger partial charge in [-0.2, -0.15) is 0 Å². The van der Waals surface area contributed by atoms with E-state index in [9.17, 15) is 12.8 Å². The number of hydrogen-bond acceptors (Lipinski definition) is 5. The van der Waals surface area contributed by atoms with E-state index in [1.807, 2.05) is 4.90 Å². The number of aliphatic imine (C=N–C) groups is 1. The number of primary sulfonamides is 1. The second-order valence-electron chi connectivity index (χ2n) is 6.50. The van der Waals surface area contributed by atoms with Crippen molar-refractivity contribution in [3.63, 3.8) is 0 Å². The lowest BCUT2D eigenvalue weighted by Crippen LogP contribution is -2.44. The predicted octanol–water partition coefficient (Wildman–Crippen LogP) is 0.812. The predicted molar refractivity (Wildman–Crippen MR) is 106 cm³/mol. The molecular formula is C18H23FN6O2S. The Balaban J connectivity index is 1.57. The molecule has 0 spiro atoms. The molecule has 2 aromatic rings. The number of aromatic nitrogens is 1. The van der Waals surface area contributed by atoms with Crippen molar-refractivity contribution in [2.45, 2.75) is 23.9 Å². The van der Waals surface area contributed by atoms with Crippen molar-refractivity contribution in [1.29, 1.82) is 0 Å². The molecule has 150 valence electrons. The van der Waals surface area contributed by atoms with E-state index in [2.05, 4.69) is 20.6 Å². The van der Waals surface area contributed by atoms with E-state index in [0.29, 0.717) is 31.4 Å². The van der Waals surface area contributed by atoms with Crippen molar-refractivity contribution >= 4 is 21.8 Å². The lowest BCUT2D eigenvalue weighted by Gasteiger charge is -2.20. The number of benzene rings is 1. The topological polar surface area (TPSA) is 113 Å². The number of hydrogen-bond donors (Lipinski definition) is 3. The zero-order chi connectivity index (χ0) is 20.1. The summed E-state index contributed by atoms with van der Waals surface area (Å²) in [5, 5.41) is 11.6. The van der Waals surface area contributed by atoms with Gasteiger partial charge in [-0.1, -0.05) is 12.1 Å². The first-order chi connectivity index (χ1) is 13.4. The molecule has 1 saturated heterocycles. The van der Waals surface area contributed by atoms with Gasteiger partial charge in [0.15, 0.2) is 17.6 Å². The zero-order valence-electron chi connectivity index (χ0n) is 15.5. The van der Waals surface area contributed by atoms with Gasteiger partial charge in [-0.25, -0.2) is 22.9 Å². The van der Waals surface area contributed by atoms with Crippen LogP contribution in [0.4, 0.5) is 10.2 Å². The summed E-state index contributed by atoms with van der Waals surface area (Å²) in [5.41, 5.74) is 0.762. The van der Waals surface area contributed by atoms with E-state index in [4.69, 9.17) is 5.14 Å². The molecule has 1 unspecified atom stereocenters. The van der Waals surface area contributed by atoms with Crippen LogP contribution in [0.1, 0.15) is 12.0 Å². The van der Waals surface area contributed by atoms with Crippen LogP contribution in [0.2, 0.25) is 0 Å². The highest BCUT2D eigenvalue weighted by Gasteiger charge is 2.25. The quantitative estimate of drug-likeness (QED) is 0.500. The Morgan fingerprint density at radius 3 is 2.93 bits per heavy atom. The maximum absolute atomic E-state index is 13.9. The molecule has 3 rings (SSSR count). The van der Waals surface area contributed by atoms with Crippen LogP contribution in [0.15, 0.2) is 52.5 Å². The molecule has 2 heterocycles. The summed E-state index contributed by atoms with van der Waals surface area (Å²) in [6.07, 6.45) is 2.40. The van der Waals surface area contributed by atoms with Gasteiger partial charge in [-0.05, 0) is 36.2 Å². The normalized spacial score (nSPS) is 17.6. The minimum atomic E-state index is -3.74. The van der Waals surface area contributed by atoms with Crippen molar-refractivity contribution in [1.82, 2.24) is 15.6 Å². The second kappa shape index (κ2) is 8.53. The molecule has 0 aliphatic carbocycles. The van der Waals surface area contributed by atoms with Gasteiger partial charge in [-0.3, -0.25) is 4.99 Å². The van der Waals surface area contributed by atoms with Crippen LogP contribution in [-0.2, 0) is 16.6 Å². The maximum atomic E-state index is 13.9. The van der Waals surface area contributed by atoms with Gasteiger partial charge in [0.2, 0.25) is 10.0 Å². The number of rotatable bonds is 5. The Kier molecular flexibility index (Phi) is 6.10. The fourth-order valence-electron chi connectivity index (χ4n) is 3.09. The Hall–Kier alpha value is -2.72. The second-order valence-corrected chi connectivity index (χ2v) is 8.06. The molecule has 0 amide bonds. The van der Waals surface area contributed by atoms with Gasteiger partial charge < -0.3 is 15.5 Å². The lowest BCUT2D eigenvalue weighted by molar-refractivity contribution is 0.597. The first-order valence-corrected chi connectivity index (χ1v) is 10.4.